The van der Waals surface area contributed by atoms with Crippen LogP contribution < -0.4 is 14.2 Å². The van der Waals surface area contributed by atoms with Crippen molar-refractivity contribution < 1.29 is 24.1 Å². The van der Waals surface area contributed by atoms with Crippen molar-refractivity contribution in [2.24, 2.45) is 0 Å². The lowest BCUT2D eigenvalue weighted by atomic mass is 10.1. The Morgan fingerprint density at radius 2 is 1.60 bits per heavy atom. The first-order chi connectivity index (χ1) is 12.2. The zero-order valence-electron chi connectivity index (χ0n) is 13.7. The van der Waals surface area contributed by atoms with Crippen LogP contribution in [0.1, 0.15) is 24.0 Å². The molecule has 1 N–H and O–H groups in total. The smallest absolute Gasteiger partial charge is 0.231 e. The molecule has 0 atom stereocenters. The maximum absolute atomic E-state index is 12.0. The number of hydrogen-bond acceptors (Lipinski definition) is 5. The number of carbonyl (C=O) groups is 1. The Morgan fingerprint density at radius 3 is 2.44 bits per heavy atom. The number of ketones is 1. The average molecular weight is 338 g/mol. The monoisotopic (exact) mass is 338 g/mol. The summed E-state index contributed by atoms with van der Waals surface area (Å²) in [7, 11) is 0. The van der Waals surface area contributed by atoms with E-state index in [0.29, 0.717) is 48.7 Å². The first-order valence-corrected chi connectivity index (χ1v) is 8.29. The largest absolute Gasteiger partial charge is 0.512 e. The van der Waals surface area contributed by atoms with E-state index in [9.17, 15) is 9.90 Å². The molecule has 0 amide bonds. The molecule has 0 spiro atoms. The van der Waals surface area contributed by atoms with E-state index in [-0.39, 0.29) is 18.3 Å². The first kappa shape index (κ1) is 15.6. The predicted octanol–water partition coefficient (Wildman–Crippen LogP) is 4.10. The van der Waals surface area contributed by atoms with Crippen LogP contribution in [-0.4, -0.2) is 17.7 Å². The molecule has 4 bridgehead atoms. The van der Waals surface area contributed by atoms with E-state index < -0.39 is 0 Å². The molecule has 5 nitrogen and oxygen atoms in total. The van der Waals surface area contributed by atoms with Gasteiger partial charge in [0, 0.05) is 18.9 Å². The molecule has 2 aromatic carbocycles. The third-order valence-corrected chi connectivity index (χ3v) is 4.31. The van der Waals surface area contributed by atoms with Gasteiger partial charge < -0.3 is 19.3 Å². The molecule has 0 aromatic heterocycles. The van der Waals surface area contributed by atoms with Gasteiger partial charge in [-0.05, 0) is 48.2 Å². The van der Waals surface area contributed by atoms with E-state index in [1.807, 2.05) is 36.4 Å². The zero-order chi connectivity index (χ0) is 17.2. The second-order valence-corrected chi connectivity index (χ2v) is 6.18. The Morgan fingerprint density at radius 1 is 0.840 bits per heavy atom. The second-order valence-electron chi connectivity index (χ2n) is 6.18. The second kappa shape index (κ2) is 6.51. The topological polar surface area (TPSA) is 65.0 Å². The summed E-state index contributed by atoms with van der Waals surface area (Å²) in [5.74, 6) is 2.53. The summed E-state index contributed by atoms with van der Waals surface area (Å²) in [5, 5.41) is 10.0. The number of hydrogen-bond donors (Lipinski definition) is 1. The normalized spacial score (nSPS) is 18.7. The number of aliphatic hydroxyl groups excluding tert-OH is 1. The van der Waals surface area contributed by atoms with E-state index in [0.717, 1.165) is 11.1 Å². The van der Waals surface area contributed by atoms with E-state index in [1.165, 1.54) is 6.08 Å². The molecular weight excluding hydrogens is 320 g/mol. The number of rotatable bonds is 0. The maximum atomic E-state index is 12.0. The summed E-state index contributed by atoms with van der Waals surface area (Å²) in [6.45, 7) is 0.160. The minimum atomic E-state index is -0.0703. The van der Waals surface area contributed by atoms with Crippen molar-refractivity contribution in [2.45, 2.75) is 25.7 Å². The fourth-order valence-electron chi connectivity index (χ4n) is 2.97. The highest BCUT2D eigenvalue weighted by atomic mass is 16.7. The molecule has 5 rings (SSSR count). The van der Waals surface area contributed by atoms with Crippen LogP contribution in [0.4, 0.5) is 0 Å². The van der Waals surface area contributed by atoms with E-state index in [2.05, 4.69) is 0 Å². The zero-order valence-corrected chi connectivity index (χ0v) is 13.7. The average Bonchev–Trinajstić information content (AvgIpc) is 3.07. The summed E-state index contributed by atoms with van der Waals surface area (Å²) in [4.78, 5) is 12.0. The predicted molar refractivity (Wildman–Crippen MR) is 91.4 cm³/mol. The van der Waals surface area contributed by atoms with Gasteiger partial charge in [-0.2, -0.15) is 0 Å². The molecule has 0 saturated carbocycles. The quantitative estimate of drug-likeness (QED) is 0.783. The van der Waals surface area contributed by atoms with Crippen LogP contribution in [0.15, 0.2) is 48.2 Å². The van der Waals surface area contributed by atoms with Crippen molar-refractivity contribution in [3.63, 3.8) is 0 Å². The van der Waals surface area contributed by atoms with Crippen LogP contribution >= 0.6 is 0 Å². The van der Waals surface area contributed by atoms with E-state index >= 15 is 0 Å². The number of benzene rings is 2. The lowest BCUT2D eigenvalue weighted by Gasteiger charge is -2.11. The van der Waals surface area contributed by atoms with Gasteiger partial charge in [-0.15, -0.1) is 0 Å². The molecule has 3 aliphatic rings. The molecular formula is C20H18O5. The molecule has 128 valence electrons. The van der Waals surface area contributed by atoms with Gasteiger partial charge in [0.15, 0.2) is 17.3 Å². The van der Waals surface area contributed by atoms with Crippen molar-refractivity contribution in [1.82, 2.24) is 0 Å². The molecule has 2 aromatic rings. The third kappa shape index (κ3) is 3.45. The highest BCUT2D eigenvalue weighted by Gasteiger charge is 2.21. The molecule has 0 aliphatic carbocycles. The van der Waals surface area contributed by atoms with Gasteiger partial charge in [0.2, 0.25) is 12.5 Å². The number of allylic oxidation sites excluding steroid dienone is 2. The van der Waals surface area contributed by atoms with Crippen LogP contribution in [0, 0.1) is 0 Å². The van der Waals surface area contributed by atoms with Crippen molar-refractivity contribution in [3.8, 4) is 23.0 Å². The molecule has 0 saturated heterocycles. The van der Waals surface area contributed by atoms with Gasteiger partial charge in [0.05, 0.1) is 5.76 Å². The maximum Gasteiger partial charge on any atom is 0.231 e. The standard InChI is InChI=1S/C20H18O5/c21-15-5-1-13-3-7-17(8-4-13)25-19-10-14(2-6-16(22)11-15)9-18-20(19)24-12-23-18/h3-4,7-11,22H,1-2,5-6,12H2/b16-11+. The highest BCUT2D eigenvalue weighted by molar-refractivity contribution is 5.90. The molecule has 25 heavy (non-hydrogen) atoms. The van der Waals surface area contributed by atoms with E-state index in [1.54, 1.807) is 0 Å². The van der Waals surface area contributed by atoms with Crippen molar-refractivity contribution >= 4 is 5.78 Å². The highest BCUT2D eigenvalue weighted by Crippen LogP contribution is 2.44. The van der Waals surface area contributed by atoms with Crippen LogP contribution in [0.5, 0.6) is 23.0 Å². The summed E-state index contributed by atoms with van der Waals surface area (Å²) >= 11 is 0. The summed E-state index contributed by atoms with van der Waals surface area (Å²) in [5.41, 5.74) is 1.99. The third-order valence-electron chi connectivity index (χ3n) is 4.31. The number of carbonyl (C=O) groups excluding carboxylic acids is 1. The van der Waals surface area contributed by atoms with Crippen molar-refractivity contribution in [3.05, 3.63) is 59.4 Å². The molecule has 0 radical (unpaired) electrons. The Kier molecular flexibility index (Phi) is 4.06. The molecule has 0 unspecified atom stereocenters. The lowest BCUT2D eigenvalue weighted by Crippen LogP contribution is -1.99. The summed E-state index contributed by atoms with van der Waals surface area (Å²) in [6, 6.07) is 11.4. The van der Waals surface area contributed by atoms with Gasteiger partial charge in [-0.3, -0.25) is 4.79 Å². The number of aliphatic hydroxyl groups is 1. The fraction of sp³-hybridized carbons (Fsp3) is 0.250. The molecule has 3 aliphatic heterocycles. The van der Waals surface area contributed by atoms with Crippen LogP contribution in [0.3, 0.4) is 0 Å². The number of fused-ring (bicyclic) bond motifs is 8. The minimum absolute atomic E-state index is 0.0703. The molecule has 5 heteroatoms. The number of ether oxygens (including phenoxy) is 3. The summed E-state index contributed by atoms with van der Waals surface area (Å²) in [6.07, 6.45) is 3.28. The fourth-order valence-corrected chi connectivity index (χ4v) is 2.97. The van der Waals surface area contributed by atoms with Gasteiger partial charge in [-0.25, -0.2) is 0 Å². The Hall–Kier alpha value is -2.95. The molecule has 0 fully saturated rings. The summed E-state index contributed by atoms with van der Waals surface area (Å²) < 4.78 is 17.0. The van der Waals surface area contributed by atoms with Crippen LogP contribution in [0.2, 0.25) is 0 Å². The van der Waals surface area contributed by atoms with Gasteiger partial charge in [0.1, 0.15) is 5.75 Å². The Bertz CT molecular complexity index is 836. The molecule has 3 heterocycles. The van der Waals surface area contributed by atoms with E-state index in [4.69, 9.17) is 14.2 Å². The Balaban J connectivity index is 1.74. The van der Waals surface area contributed by atoms with Crippen LogP contribution in [-0.2, 0) is 17.6 Å². The number of aryl methyl sites for hydroxylation is 2. The van der Waals surface area contributed by atoms with Gasteiger partial charge in [0.25, 0.3) is 0 Å². The minimum Gasteiger partial charge on any atom is -0.512 e. The lowest BCUT2D eigenvalue weighted by molar-refractivity contribution is -0.114. The first-order valence-electron chi connectivity index (χ1n) is 8.29. The van der Waals surface area contributed by atoms with Crippen molar-refractivity contribution in [1.29, 1.82) is 0 Å². The van der Waals surface area contributed by atoms with Gasteiger partial charge in [-0.1, -0.05) is 12.1 Å². The van der Waals surface area contributed by atoms with Crippen LogP contribution in [0.25, 0.3) is 0 Å². The SMILES string of the molecule is O=C1/C=C(/O)CCc2cc3c(c(c2)Oc2ccc(cc2)CC1)OCO3. The Labute approximate surface area is 145 Å². The van der Waals surface area contributed by atoms with Crippen molar-refractivity contribution in [2.75, 3.05) is 6.79 Å². The van der Waals surface area contributed by atoms with Gasteiger partial charge >= 0.3 is 0 Å².